The van der Waals surface area contributed by atoms with Crippen LogP contribution < -0.4 is 10.2 Å². The van der Waals surface area contributed by atoms with Crippen LogP contribution in [0.3, 0.4) is 0 Å². The van der Waals surface area contributed by atoms with Gasteiger partial charge in [0.1, 0.15) is 0 Å². The van der Waals surface area contributed by atoms with Crippen LogP contribution in [0.15, 0.2) is 12.1 Å². The van der Waals surface area contributed by atoms with Crippen LogP contribution in [-0.2, 0) is 9.53 Å². The molecule has 1 aliphatic rings. The Bertz CT molecular complexity index is 469. The van der Waals surface area contributed by atoms with E-state index in [1.165, 1.54) is 0 Å². The fourth-order valence-corrected chi connectivity index (χ4v) is 2.65. The number of hydrogen-bond donors (Lipinski definition) is 1. The number of carbonyl (C=O) groups is 1. The van der Waals surface area contributed by atoms with Gasteiger partial charge in [-0.2, -0.15) is 0 Å². The molecule has 0 aliphatic carbocycles. The highest BCUT2D eigenvalue weighted by Crippen LogP contribution is 2.21. The van der Waals surface area contributed by atoms with Crippen molar-refractivity contribution in [2.75, 3.05) is 37.7 Å². The number of rotatable bonds is 7. The van der Waals surface area contributed by atoms with Crippen molar-refractivity contribution in [2.24, 2.45) is 5.92 Å². The summed E-state index contributed by atoms with van der Waals surface area (Å²) in [6.07, 6.45) is 2.73. The quantitative estimate of drug-likeness (QED) is 0.775. The molecule has 0 spiro atoms. The van der Waals surface area contributed by atoms with E-state index in [4.69, 9.17) is 16.3 Å². The maximum atomic E-state index is 12.2. The number of aromatic nitrogens is 2. The first kappa shape index (κ1) is 17.0. The van der Waals surface area contributed by atoms with Gasteiger partial charge in [-0.25, -0.2) is 0 Å². The second-order valence-electron chi connectivity index (χ2n) is 5.34. The molecule has 0 aromatic carbocycles. The Kier molecular flexibility index (Phi) is 6.86. The molecule has 1 aromatic rings. The van der Waals surface area contributed by atoms with Crippen molar-refractivity contribution in [3.8, 4) is 0 Å². The Labute approximate surface area is 136 Å². The van der Waals surface area contributed by atoms with E-state index in [1.807, 2.05) is 13.0 Å². The van der Waals surface area contributed by atoms with Crippen LogP contribution in [0.2, 0.25) is 5.15 Å². The van der Waals surface area contributed by atoms with Gasteiger partial charge >= 0.3 is 0 Å². The van der Waals surface area contributed by atoms with E-state index >= 15 is 0 Å². The number of piperidine rings is 1. The van der Waals surface area contributed by atoms with Gasteiger partial charge in [0.25, 0.3) is 0 Å². The zero-order chi connectivity index (χ0) is 15.8. The molecule has 2 heterocycles. The maximum absolute atomic E-state index is 12.2. The zero-order valence-electron chi connectivity index (χ0n) is 12.9. The van der Waals surface area contributed by atoms with Gasteiger partial charge in [0, 0.05) is 32.8 Å². The summed E-state index contributed by atoms with van der Waals surface area (Å²) >= 11 is 5.76. The second kappa shape index (κ2) is 8.90. The molecule has 1 saturated heterocycles. The molecule has 0 unspecified atom stereocenters. The fraction of sp³-hybridized carbons (Fsp3) is 0.667. The van der Waals surface area contributed by atoms with Crippen LogP contribution in [0.4, 0.5) is 5.82 Å². The smallest absolute Gasteiger partial charge is 0.224 e. The summed E-state index contributed by atoms with van der Waals surface area (Å²) in [5.41, 5.74) is 0. The summed E-state index contributed by atoms with van der Waals surface area (Å²) in [4.78, 5) is 14.3. The third kappa shape index (κ3) is 5.10. The summed E-state index contributed by atoms with van der Waals surface area (Å²) in [6, 6.07) is 3.57. The number of ether oxygens (including phenoxy) is 1. The number of nitrogens with one attached hydrogen (secondary N) is 1. The van der Waals surface area contributed by atoms with Gasteiger partial charge in [-0.05, 0) is 38.3 Å². The first-order valence-electron chi connectivity index (χ1n) is 7.80. The van der Waals surface area contributed by atoms with E-state index in [1.54, 1.807) is 6.07 Å². The second-order valence-corrected chi connectivity index (χ2v) is 5.73. The van der Waals surface area contributed by atoms with Crippen molar-refractivity contribution in [2.45, 2.75) is 26.2 Å². The molecule has 1 fully saturated rings. The van der Waals surface area contributed by atoms with Crippen LogP contribution in [-0.4, -0.2) is 49.0 Å². The highest BCUT2D eigenvalue weighted by atomic mass is 35.5. The van der Waals surface area contributed by atoms with Crippen LogP contribution in [0.25, 0.3) is 0 Å². The Morgan fingerprint density at radius 3 is 3.09 bits per heavy atom. The van der Waals surface area contributed by atoms with Crippen molar-refractivity contribution in [3.05, 3.63) is 17.3 Å². The van der Waals surface area contributed by atoms with Crippen LogP contribution in [0, 0.1) is 5.92 Å². The summed E-state index contributed by atoms with van der Waals surface area (Å²) in [6.45, 7) is 5.60. The SMILES string of the molecule is CCOCCCNC(=O)[C@H]1CCCN(c2ccc(Cl)nn2)C1. The lowest BCUT2D eigenvalue weighted by molar-refractivity contribution is -0.125. The maximum Gasteiger partial charge on any atom is 0.224 e. The summed E-state index contributed by atoms with van der Waals surface area (Å²) in [5, 5.41) is 11.3. The number of amides is 1. The van der Waals surface area contributed by atoms with Crippen LogP contribution >= 0.6 is 11.6 Å². The van der Waals surface area contributed by atoms with E-state index < -0.39 is 0 Å². The average Bonchev–Trinajstić information content (AvgIpc) is 2.55. The third-order valence-electron chi connectivity index (χ3n) is 3.70. The lowest BCUT2D eigenvalue weighted by Gasteiger charge is -2.32. The Balaban J connectivity index is 1.79. The van der Waals surface area contributed by atoms with E-state index in [2.05, 4.69) is 20.4 Å². The van der Waals surface area contributed by atoms with Gasteiger partial charge in [0.15, 0.2) is 11.0 Å². The van der Waals surface area contributed by atoms with Gasteiger partial charge in [-0.3, -0.25) is 4.79 Å². The van der Waals surface area contributed by atoms with Gasteiger partial charge < -0.3 is 15.0 Å². The molecule has 0 radical (unpaired) electrons. The van der Waals surface area contributed by atoms with E-state index in [-0.39, 0.29) is 11.8 Å². The average molecular weight is 327 g/mol. The first-order valence-corrected chi connectivity index (χ1v) is 8.18. The number of anilines is 1. The summed E-state index contributed by atoms with van der Waals surface area (Å²) in [7, 11) is 0. The number of carbonyl (C=O) groups excluding carboxylic acids is 1. The predicted molar refractivity (Wildman–Crippen MR) is 86.1 cm³/mol. The molecule has 7 heteroatoms. The minimum atomic E-state index is -0.00155. The zero-order valence-corrected chi connectivity index (χ0v) is 13.7. The molecule has 1 amide bonds. The van der Waals surface area contributed by atoms with Crippen molar-refractivity contribution in [1.82, 2.24) is 15.5 Å². The van der Waals surface area contributed by atoms with Crippen LogP contribution in [0.1, 0.15) is 26.2 Å². The van der Waals surface area contributed by atoms with Crippen molar-refractivity contribution in [3.63, 3.8) is 0 Å². The molecular formula is C15H23ClN4O2. The Hall–Kier alpha value is -1.40. The highest BCUT2D eigenvalue weighted by molar-refractivity contribution is 6.29. The monoisotopic (exact) mass is 326 g/mol. The highest BCUT2D eigenvalue weighted by Gasteiger charge is 2.26. The molecule has 122 valence electrons. The number of hydrogen-bond acceptors (Lipinski definition) is 5. The standard InChI is InChI=1S/C15H23ClN4O2/c1-2-22-10-4-8-17-15(21)12-5-3-9-20(11-12)14-7-6-13(16)18-19-14/h6-7,12H,2-5,8-11H2,1H3,(H,17,21)/t12-/m0/s1. The largest absolute Gasteiger partial charge is 0.382 e. The summed E-state index contributed by atoms with van der Waals surface area (Å²) in [5.74, 6) is 0.889. The lowest BCUT2D eigenvalue weighted by Crippen LogP contribution is -2.43. The van der Waals surface area contributed by atoms with Gasteiger partial charge in [0.2, 0.25) is 5.91 Å². The van der Waals surface area contributed by atoms with Crippen molar-refractivity contribution in [1.29, 1.82) is 0 Å². The molecule has 0 saturated carbocycles. The fourth-order valence-electron chi connectivity index (χ4n) is 2.55. The minimum absolute atomic E-state index is 0.00155. The lowest BCUT2D eigenvalue weighted by atomic mass is 9.97. The summed E-state index contributed by atoms with van der Waals surface area (Å²) < 4.78 is 5.26. The molecule has 6 nitrogen and oxygen atoms in total. The molecule has 1 atom stereocenters. The molecular weight excluding hydrogens is 304 g/mol. The Morgan fingerprint density at radius 2 is 2.36 bits per heavy atom. The molecule has 22 heavy (non-hydrogen) atoms. The topological polar surface area (TPSA) is 67.3 Å². The number of halogens is 1. The van der Waals surface area contributed by atoms with E-state index in [0.29, 0.717) is 31.5 Å². The number of nitrogens with zero attached hydrogens (tertiary/aromatic N) is 3. The molecule has 1 aromatic heterocycles. The third-order valence-corrected chi connectivity index (χ3v) is 3.90. The first-order chi connectivity index (χ1) is 10.7. The van der Waals surface area contributed by atoms with E-state index in [9.17, 15) is 4.79 Å². The van der Waals surface area contributed by atoms with Crippen molar-refractivity contribution < 1.29 is 9.53 Å². The predicted octanol–water partition coefficient (Wildman–Crippen LogP) is 1.89. The molecule has 1 N–H and O–H groups in total. The molecule has 0 bridgehead atoms. The van der Waals surface area contributed by atoms with Gasteiger partial charge in [0.05, 0.1) is 5.92 Å². The van der Waals surface area contributed by atoms with Crippen LogP contribution in [0.5, 0.6) is 0 Å². The normalized spacial score (nSPS) is 18.3. The molecule has 2 rings (SSSR count). The Morgan fingerprint density at radius 1 is 1.50 bits per heavy atom. The van der Waals surface area contributed by atoms with Crippen molar-refractivity contribution >= 4 is 23.3 Å². The minimum Gasteiger partial charge on any atom is -0.382 e. The van der Waals surface area contributed by atoms with Gasteiger partial charge in [-0.1, -0.05) is 11.6 Å². The molecule has 1 aliphatic heterocycles. The van der Waals surface area contributed by atoms with E-state index in [0.717, 1.165) is 31.6 Å². The van der Waals surface area contributed by atoms with Gasteiger partial charge in [-0.15, -0.1) is 10.2 Å².